The average molecular weight is 423 g/mol. The fraction of sp³-hybridized carbons (Fsp3) is 0.429. The highest BCUT2D eigenvalue weighted by molar-refractivity contribution is 7.89. The maximum atomic E-state index is 13.4. The zero-order valence-corrected chi connectivity index (χ0v) is 17.9. The highest BCUT2D eigenvalue weighted by atomic mass is 32.2. The zero-order valence-electron chi connectivity index (χ0n) is 17.1. The number of rotatable bonds is 7. The van der Waals surface area contributed by atoms with Crippen LogP contribution in [0.4, 0.5) is 10.1 Å². The molecule has 2 N–H and O–H groups in total. The van der Waals surface area contributed by atoms with Gasteiger partial charge in [0.05, 0.1) is 24.7 Å². The first kappa shape index (κ1) is 21.7. The highest BCUT2D eigenvalue weighted by Crippen LogP contribution is 2.19. The largest absolute Gasteiger partial charge is 0.378 e. The van der Waals surface area contributed by atoms with Crippen molar-refractivity contribution in [1.29, 1.82) is 0 Å². The third-order valence-electron chi connectivity index (χ3n) is 5.34. The molecule has 0 spiro atoms. The van der Waals surface area contributed by atoms with Gasteiger partial charge in [-0.3, -0.25) is 0 Å². The Morgan fingerprint density at radius 2 is 1.79 bits per heavy atom. The number of benzene rings is 2. The van der Waals surface area contributed by atoms with Gasteiger partial charge in [0.25, 0.3) is 0 Å². The summed E-state index contributed by atoms with van der Waals surface area (Å²) in [7, 11) is 0.229. The molecule has 1 fully saturated rings. The van der Waals surface area contributed by atoms with E-state index in [9.17, 15) is 12.8 Å². The molecule has 158 valence electrons. The zero-order chi connectivity index (χ0) is 21.0. The first-order valence-corrected chi connectivity index (χ1v) is 11.2. The van der Waals surface area contributed by atoms with Crippen molar-refractivity contribution in [3.05, 3.63) is 59.4 Å². The minimum Gasteiger partial charge on any atom is -0.378 e. The van der Waals surface area contributed by atoms with E-state index in [1.807, 2.05) is 31.1 Å². The van der Waals surface area contributed by atoms with Gasteiger partial charge >= 0.3 is 0 Å². The van der Waals surface area contributed by atoms with Crippen LogP contribution in [0.15, 0.2) is 47.4 Å². The molecule has 0 bridgehead atoms. The smallest absolute Gasteiger partial charge is 0.241 e. The van der Waals surface area contributed by atoms with Crippen LogP contribution in [-0.2, 0) is 14.8 Å². The molecule has 3 rings (SSSR count). The molecule has 1 atom stereocenters. The summed E-state index contributed by atoms with van der Waals surface area (Å²) >= 11 is 0. The maximum Gasteiger partial charge on any atom is 0.241 e. The van der Waals surface area contributed by atoms with E-state index in [4.69, 9.17) is 4.74 Å². The van der Waals surface area contributed by atoms with E-state index in [2.05, 4.69) is 16.9 Å². The molecule has 6 nitrogen and oxygen atoms in total. The van der Waals surface area contributed by atoms with Gasteiger partial charge in [-0.15, -0.1) is 0 Å². The normalized spacial score (nSPS) is 16.6. The van der Waals surface area contributed by atoms with Gasteiger partial charge in [-0.25, -0.2) is 17.5 Å². The van der Waals surface area contributed by atoms with Crippen LogP contribution in [0.2, 0.25) is 0 Å². The quantitative estimate of drug-likeness (QED) is 0.702. The van der Waals surface area contributed by atoms with E-state index in [1.54, 1.807) is 6.92 Å². The third kappa shape index (κ3) is 5.33. The van der Waals surface area contributed by atoms with Crippen LogP contribution >= 0.6 is 0 Å². The third-order valence-corrected chi connectivity index (χ3v) is 6.93. The molecule has 0 radical (unpaired) electrons. The summed E-state index contributed by atoms with van der Waals surface area (Å²) in [5.41, 5.74) is 2.56. The summed E-state index contributed by atoms with van der Waals surface area (Å²) in [4.78, 5) is 3.42. The number of hydrogen-bond donors (Lipinski definition) is 2. The van der Waals surface area contributed by atoms with Gasteiger partial charge in [-0.1, -0.05) is 12.1 Å². The number of nitrogens with one attached hydrogen (secondary N) is 2. The van der Waals surface area contributed by atoms with Crippen molar-refractivity contribution >= 4 is 15.7 Å². The number of nitrogens with zero attached hydrogens (tertiary/aromatic N) is 1. The van der Waals surface area contributed by atoms with Gasteiger partial charge in [0, 0.05) is 25.3 Å². The Bertz CT molecular complexity index is 927. The van der Waals surface area contributed by atoms with Crippen LogP contribution in [0.1, 0.15) is 17.2 Å². The van der Waals surface area contributed by atoms with Crippen molar-refractivity contribution in [2.75, 3.05) is 51.8 Å². The Balaban J connectivity index is 1.82. The number of hydrogen-bond acceptors (Lipinski definition) is 4. The Labute approximate surface area is 172 Å². The van der Waals surface area contributed by atoms with Gasteiger partial charge in [0.15, 0.2) is 0 Å². The number of aryl methyl sites for hydroxylation is 1. The number of morpholine rings is 1. The van der Waals surface area contributed by atoms with Gasteiger partial charge in [-0.2, -0.15) is 0 Å². The second kappa shape index (κ2) is 9.21. The molecule has 1 saturated heterocycles. The first-order chi connectivity index (χ1) is 13.8. The average Bonchev–Trinajstić information content (AvgIpc) is 2.69. The van der Waals surface area contributed by atoms with E-state index >= 15 is 0 Å². The maximum absolute atomic E-state index is 13.4. The summed E-state index contributed by atoms with van der Waals surface area (Å²) in [5.74, 6) is -0.446. The van der Waals surface area contributed by atoms with Crippen molar-refractivity contribution in [2.45, 2.75) is 17.9 Å². The van der Waals surface area contributed by atoms with Crippen LogP contribution < -0.4 is 14.5 Å². The molecule has 2 aromatic carbocycles. The SMILES string of the molecule is Cc1cc(F)ccc1S(=O)(=O)NC[C@@H](c1ccc(N(C)C)cc1)[NH+]1CCOCC1. The lowest BCUT2D eigenvalue weighted by Gasteiger charge is -2.32. The molecule has 1 aliphatic heterocycles. The Morgan fingerprint density at radius 1 is 1.14 bits per heavy atom. The predicted octanol–water partition coefficient (Wildman–Crippen LogP) is 1.13. The summed E-state index contributed by atoms with van der Waals surface area (Å²) in [6, 6.07) is 11.9. The number of ether oxygens (including phenoxy) is 1. The van der Waals surface area contributed by atoms with Crippen LogP contribution in [0, 0.1) is 12.7 Å². The van der Waals surface area contributed by atoms with E-state index in [-0.39, 0.29) is 17.5 Å². The van der Waals surface area contributed by atoms with Crippen LogP contribution in [0.3, 0.4) is 0 Å². The number of sulfonamides is 1. The fourth-order valence-electron chi connectivity index (χ4n) is 3.67. The molecule has 0 aromatic heterocycles. The molecule has 1 heterocycles. The standard InChI is InChI=1S/C21H28FN3O3S/c1-16-14-18(22)6-9-21(16)29(26,27)23-15-20(25-10-12-28-13-11-25)17-4-7-19(8-5-17)24(2)3/h4-9,14,20,23H,10-13,15H2,1-3H3/p+1/t20-/m0/s1. The molecule has 0 aliphatic carbocycles. The Kier molecular flexibility index (Phi) is 6.89. The molecular formula is C21H29FN3O3S+. The fourth-order valence-corrected chi connectivity index (χ4v) is 4.94. The molecular weight excluding hydrogens is 393 g/mol. The van der Waals surface area contributed by atoms with Crippen LogP contribution in [-0.4, -0.2) is 55.4 Å². The highest BCUT2D eigenvalue weighted by Gasteiger charge is 2.29. The van der Waals surface area contributed by atoms with Gasteiger partial charge in [0.1, 0.15) is 24.9 Å². The minimum atomic E-state index is -3.74. The first-order valence-electron chi connectivity index (χ1n) is 9.73. The number of anilines is 1. The van der Waals surface area contributed by atoms with E-state index in [1.165, 1.54) is 23.1 Å². The van der Waals surface area contributed by atoms with Gasteiger partial charge < -0.3 is 14.5 Å². The van der Waals surface area contributed by atoms with Crippen molar-refractivity contribution < 1.29 is 22.4 Å². The Morgan fingerprint density at radius 3 is 2.38 bits per heavy atom. The second-order valence-corrected chi connectivity index (χ2v) is 9.31. The second-order valence-electron chi connectivity index (χ2n) is 7.57. The Hall–Kier alpha value is -2.00. The predicted molar refractivity (Wildman–Crippen MR) is 111 cm³/mol. The lowest BCUT2D eigenvalue weighted by Crippen LogP contribution is -3.15. The molecule has 0 saturated carbocycles. The topological polar surface area (TPSA) is 63.1 Å². The van der Waals surface area contributed by atoms with Gasteiger partial charge in [-0.05, 0) is 42.8 Å². The summed E-state index contributed by atoms with van der Waals surface area (Å²) in [6.07, 6.45) is 0. The lowest BCUT2D eigenvalue weighted by atomic mass is 10.0. The monoisotopic (exact) mass is 422 g/mol. The van der Waals surface area contributed by atoms with Gasteiger partial charge in [0.2, 0.25) is 10.0 Å². The van der Waals surface area contributed by atoms with Crippen LogP contribution in [0.5, 0.6) is 0 Å². The lowest BCUT2D eigenvalue weighted by molar-refractivity contribution is -0.937. The molecule has 0 amide bonds. The number of quaternary nitrogens is 1. The van der Waals surface area contributed by atoms with Crippen LogP contribution in [0.25, 0.3) is 0 Å². The molecule has 2 aromatic rings. The van der Waals surface area contributed by atoms with E-state index in [0.717, 1.165) is 24.3 Å². The van der Waals surface area contributed by atoms with E-state index in [0.29, 0.717) is 18.8 Å². The molecule has 8 heteroatoms. The summed E-state index contributed by atoms with van der Waals surface area (Å²) < 4.78 is 47.3. The van der Waals surface area contributed by atoms with Crippen molar-refractivity contribution in [1.82, 2.24) is 4.72 Å². The van der Waals surface area contributed by atoms with Crippen molar-refractivity contribution in [2.24, 2.45) is 0 Å². The summed E-state index contributed by atoms with van der Waals surface area (Å²) in [5, 5.41) is 0. The molecule has 29 heavy (non-hydrogen) atoms. The number of halogens is 1. The molecule has 1 aliphatic rings. The minimum absolute atomic E-state index is 0.0364. The van der Waals surface area contributed by atoms with E-state index < -0.39 is 15.8 Å². The summed E-state index contributed by atoms with van der Waals surface area (Å²) in [6.45, 7) is 4.81. The molecule has 0 unspecified atom stereocenters. The van der Waals surface area contributed by atoms with Crippen molar-refractivity contribution in [3.8, 4) is 0 Å². The van der Waals surface area contributed by atoms with Crippen molar-refractivity contribution in [3.63, 3.8) is 0 Å².